The molecule has 0 aromatic heterocycles. The molecule has 1 N–H and O–H groups in total. The molecule has 13 heavy (non-hydrogen) atoms. The maximum absolute atomic E-state index is 3.87. The molecule has 2 nitrogen and oxygen atoms in total. The summed E-state index contributed by atoms with van der Waals surface area (Å²) >= 11 is 0. The molecule has 0 unspecified atom stereocenters. The van der Waals surface area contributed by atoms with Gasteiger partial charge in [0, 0.05) is 6.54 Å². The average molecular weight is 180 g/mol. The summed E-state index contributed by atoms with van der Waals surface area (Å²) in [6, 6.07) is 0. The Labute approximate surface area is 81.5 Å². The zero-order chi connectivity index (χ0) is 9.94. The molecular formula is C11H20N2. The van der Waals surface area contributed by atoms with Gasteiger partial charge in [-0.15, -0.1) is 0 Å². The summed E-state index contributed by atoms with van der Waals surface area (Å²) in [5.41, 5.74) is 0.950. The van der Waals surface area contributed by atoms with Gasteiger partial charge in [-0.2, -0.15) is 0 Å². The van der Waals surface area contributed by atoms with E-state index in [1.165, 1.54) is 19.3 Å². The minimum Gasteiger partial charge on any atom is -0.311 e. The number of nitrogens with zero attached hydrogens (tertiary/aromatic N) is 1. The van der Waals surface area contributed by atoms with Gasteiger partial charge in [-0.05, 0) is 25.8 Å². The molecule has 0 atom stereocenters. The molecule has 0 fully saturated rings. The standard InChI is InChI=1S/C11H20N2/c1-4-6-7-9-13-10-11(12-3)8-5-2/h5,8,13H,2-4,6-7,9-10H2,1H3/b11-8-. The van der Waals surface area contributed by atoms with Gasteiger partial charge in [0.1, 0.15) is 0 Å². The number of nitrogens with one attached hydrogen (secondary N) is 1. The quantitative estimate of drug-likeness (QED) is 0.346. The van der Waals surface area contributed by atoms with Crippen molar-refractivity contribution in [3.05, 3.63) is 24.4 Å². The molecule has 0 aliphatic rings. The fourth-order valence-electron chi connectivity index (χ4n) is 1.02. The normalized spacial score (nSPS) is 11.3. The number of aliphatic imine (C=N–C) groups is 1. The number of allylic oxidation sites excluding steroid dienone is 2. The van der Waals surface area contributed by atoms with E-state index in [2.05, 4.69) is 30.5 Å². The van der Waals surface area contributed by atoms with E-state index in [1.807, 2.05) is 6.08 Å². The van der Waals surface area contributed by atoms with Gasteiger partial charge in [0.05, 0.1) is 5.70 Å². The van der Waals surface area contributed by atoms with E-state index < -0.39 is 0 Å². The summed E-state index contributed by atoms with van der Waals surface area (Å²) in [5, 5.41) is 3.31. The maximum Gasteiger partial charge on any atom is 0.0534 e. The van der Waals surface area contributed by atoms with Crippen LogP contribution in [-0.2, 0) is 0 Å². The minimum atomic E-state index is 0.791. The van der Waals surface area contributed by atoms with Crippen molar-refractivity contribution in [2.45, 2.75) is 26.2 Å². The van der Waals surface area contributed by atoms with Gasteiger partial charge in [0.15, 0.2) is 0 Å². The zero-order valence-electron chi connectivity index (χ0n) is 8.55. The first-order chi connectivity index (χ1) is 6.35. The highest BCUT2D eigenvalue weighted by Crippen LogP contribution is 1.95. The molecule has 0 saturated heterocycles. The summed E-state index contributed by atoms with van der Waals surface area (Å²) in [5.74, 6) is 0. The Morgan fingerprint density at radius 2 is 2.23 bits per heavy atom. The van der Waals surface area contributed by atoms with Gasteiger partial charge in [-0.25, -0.2) is 0 Å². The minimum absolute atomic E-state index is 0.791. The van der Waals surface area contributed by atoms with Crippen LogP contribution < -0.4 is 5.32 Å². The Morgan fingerprint density at radius 3 is 2.77 bits per heavy atom. The largest absolute Gasteiger partial charge is 0.311 e. The first-order valence-corrected chi connectivity index (χ1v) is 4.84. The molecule has 0 rings (SSSR count). The van der Waals surface area contributed by atoms with E-state index in [4.69, 9.17) is 0 Å². The van der Waals surface area contributed by atoms with Crippen molar-refractivity contribution in [2.24, 2.45) is 4.99 Å². The van der Waals surface area contributed by atoms with Crippen LogP contribution in [-0.4, -0.2) is 19.8 Å². The zero-order valence-corrected chi connectivity index (χ0v) is 8.55. The summed E-state index contributed by atoms with van der Waals surface area (Å²) < 4.78 is 0. The first kappa shape index (κ1) is 12.1. The number of rotatable bonds is 8. The van der Waals surface area contributed by atoms with Crippen molar-refractivity contribution >= 4 is 6.72 Å². The Balaban J connectivity index is 3.44. The average Bonchev–Trinajstić information content (AvgIpc) is 2.16. The smallest absolute Gasteiger partial charge is 0.0534 e. The van der Waals surface area contributed by atoms with Crippen LogP contribution in [0.4, 0.5) is 0 Å². The van der Waals surface area contributed by atoms with Crippen LogP contribution in [0.15, 0.2) is 29.4 Å². The van der Waals surface area contributed by atoms with Gasteiger partial charge >= 0.3 is 0 Å². The van der Waals surface area contributed by atoms with E-state index in [0.29, 0.717) is 0 Å². The Morgan fingerprint density at radius 1 is 1.46 bits per heavy atom. The SMILES string of the molecule is C=C/C=C(/CNCCCCC)N=C. The van der Waals surface area contributed by atoms with Crippen molar-refractivity contribution < 1.29 is 0 Å². The molecule has 0 aliphatic carbocycles. The molecule has 0 radical (unpaired) electrons. The van der Waals surface area contributed by atoms with Gasteiger partial charge in [0.25, 0.3) is 0 Å². The molecular weight excluding hydrogens is 160 g/mol. The van der Waals surface area contributed by atoms with Crippen LogP contribution in [0.25, 0.3) is 0 Å². The lowest BCUT2D eigenvalue weighted by molar-refractivity contribution is 0.638. The van der Waals surface area contributed by atoms with E-state index in [-0.39, 0.29) is 0 Å². The number of hydrogen-bond donors (Lipinski definition) is 1. The van der Waals surface area contributed by atoms with E-state index in [9.17, 15) is 0 Å². The van der Waals surface area contributed by atoms with Crippen molar-refractivity contribution in [2.75, 3.05) is 13.1 Å². The molecule has 0 spiro atoms. The summed E-state index contributed by atoms with van der Waals surface area (Å²) in [6.07, 6.45) is 7.39. The third kappa shape index (κ3) is 7.47. The highest BCUT2D eigenvalue weighted by molar-refractivity contribution is 5.30. The second-order valence-electron chi connectivity index (χ2n) is 2.94. The second kappa shape index (κ2) is 9.20. The third-order valence-corrected chi connectivity index (χ3v) is 1.78. The maximum atomic E-state index is 3.87. The fourth-order valence-corrected chi connectivity index (χ4v) is 1.02. The lowest BCUT2D eigenvalue weighted by Crippen LogP contribution is -2.17. The van der Waals surface area contributed by atoms with Crippen molar-refractivity contribution in [1.82, 2.24) is 5.32 Å². The lowest BCUT2D eigenvalue weighted by atomic mass is 10.2. The summed E-state index contributed by atoms with van der Waals surface area (Å²) in [7, 11) is 0. The van der Waals surface area contributed by atoms with Crippen LogP contribution in [0.2, 0.25) is 0 Å². The molecule has 0 heterocycles. The van der Waals surface area contributed by atoms with Crippen LogP contribution in [0.1, 0.15) is 26.2 Å². The van der Waals surface area contributed by atoms with Gasteiger partial charge in [-0.1, -0.05) is 32.4 Å². The second-order valence-corrected chi connectivity index (χ2v) is 2.94. The van der Waals surface area contributed by atoms with Crippen molar-refractivity contribution in [1.29, 1.82) is 0 Å². The Hall–Kier alpha value is -0.890. The van der Waals surface area contributed by atoms with E-state index >= 15 is 0 Å². The number of hydrogen-bond acceptors (Lipinski definition) is 2. The Kier molecular flexibility index (Phi) is 8.57. The van der Waals surface area contributed by atoms with Crippen molar-refractivity contribution in [3.8, 4) is 0 Å². The van der Waals surface area contributed by atoms with Gasteiger partial charge in [-0.3, -0.25) is 4.99 Å². The molecule has 0 aliphatic heterocycles. The molecule has 0 bridgehead atoms. The molecule has 2 heteroatoms. The fraction of sp³-hybridized carbons (Fsp3) is 0.545. The third-order valence-electron chi connectivity index (χ3n) is 1.78. The van der Waals surface area contributed by atoms with Crippen LogP contribution in [0.5, 0.6) is 0 Å². The van der Waals surface area contributed by atoms with Gasteiger partial charge < -0.3 is 5.32 Å². The predicted octanol–water partition coefficient (Wildman–Crippen LogP) is 2.54. The monoisotopic (exact) mass is 180 g/mol. The van der Waals surface area contributed by atoms with Crippen LogP contribution in [0.3, 0.4) is 0 Å². The van der Waals surface area contributed by atoms with E-state index in [0.717, 1.165) is 18.8 Å². The first-order valence-electron chi connectivity index (χ1n) is 4.84. The number of unbranched alkanes of at least 4 members (excludes halogenated alkanes) is 2. The van der Waals surface area contributed by atoms with Gasteiger partial charge in [0.2, 0.25) is 0 Å². The molecule has 0 saturated carbocycles. The molecule has 0 aromatic carbocycles. The van der Waals surface area contributed by atoms with Crippen molar-refractivity contribution in [3.63, 3.8) is 0 Å². The summed E-state index contributed by atoms with van der Waals surface area (Å²) in [6.45, 7) is 11.1. The molecule has 0 aromatic rings. The lowest BCUT2D eigenvalue weighted by Gasteiger charge is -2.03. The molecule has 74 valence electrons. The highest BCUT2D eigenvalue weighted by atomic mass is 14.9. The van der Waals surface area contributed by atoms with E-state index in [1.54, 1.807) is 6.08 Å². The Bertz CT molecular complexity index is 171. The summed E-state index contributed by atoms with van der Waals surface area (Å²) in [4.78, 5) is 3.87. The van der Waals surface area contributed by atoms with Crippen LogP contribution >= 0.6 is 0 Å². The predicted molar refractivity (Wildman–Crippen MR) is 60.2 cm³/mol. The molecule has 0 amide bonds. The highest BCUT2D eigenvalue weighted by Gasteiger charge is 1.91. The topological polar surface area (TPSA) is 24.4 Å². The van der Waals surface area contributed by atoms with Crippen LogP contribution in [0, 0.1) is 0 Å².